The first-order chi connectivity index (χ1) is 9.20. The third-order valence-electron chi connectivity index (χ3n) is 2.27. The van der Waals surface area contributed by atoms with Crippen LogP contribution in [0.15, 0.2) is 0 Å². The smallest absolute Gasteiger partial charge is 0.305 e. The number of esters is 2. The summed E-state index contributed by atoms with van der Waals surface area (Å²) in [5, 5.41) is 0. The average molecular weight is 310 g/mol. The van der Waals surface area contributed by atoms with Gasteiger partial charge in [-0.1, -0.05) is 0 Å². The second-order valence-corrected chi connectivity index (χ2v) is 5.61. The summed E-state index contributed by atoms with van der Waals surface area (Å²) < 4.78 is 14.4. The maximum Gasteiger partial charge on any atom is 0.305 e. The van der Waals surface area contributed by atoms with Crippen LogP contribution in [0.4, 0.5) is 0 Å². The quantitative estimate of drug-likeness (QED) is 0.312. The topological polar surface area (TPSA) is 61.8 Å². The Bertz CT molecular complexity index is 224. The first-order valence-corrected chi connectivity index (χ1v) is 8.07. The van der Waals surface area contributed by atoms with E-state index in [1.165, 1.54) is 38.3 Å². The fourth-order valence-corrected chi connectivity index (χ4v) is 2.63. The normalized spacial score (nSPS) is 10.2. The van der Waals surface area contributed by atoms with Crippen LogP contribution in [0.1, 0.15) is 38.5 Å². The van der Waals surface area contributed by atoms with Crippen molar-refractivity contribution in [2.45, 2.75) is 38.5 Å². The van der Waals surface area contributed by atoms with Crippen molar-refractivity contribution >= 4 is 36.0 Å². The largest absolute Gasteiger partial charge is 0.469 e. The number of hydrogen-bond acceptors (Lipinski definition) is 7. The van der Waals surface area contributed by atoms with Crippen LogP contribution in [0.25, 0.3) is 0 Å². The van der Waals surface area contributed by atoms with Gasteiger partial charge in [-0.05, 0) is 25.7 Å². The summed E-state index contributed by atoms with van der Waals surface area (Å²) in [5.74, 6) is 1.41. The van der Waals surface area contributed by atoms with E-state index in [9.17, 15) is 9.59 Å². The third-order valence-corrected chi connectivity index (χ3v) is 3.95. The van der Waals surface area contributed by atoms with Gasteiger partial charge in [0.15, 0.2) is 0 Å². The molecule has 0 radical (unpaired) electrons. The van der Waals surface area contributed by atoms with Crippen LogP contribution in [0.3, 0.4) is 0 Å². The molecule has 0 amide bonds. The molecule has 7 heteroatoms. The molecule has 0 aromatic heterocycles. The van der Waals surface area contributed by atoms with Gasteiger partial charge in [0.1, 0.15) is 0 Å². The van der Waals surface area contributed by atoms with Crippen LogP contribution < -0.4 is 0 Å². The maximum absolute atomic E-state index is 10.8. The molecular weight excluding hydrogens is 288 g/mol. The Morgan fingerprint density at radius 3 is 1.58 bits per heavy atom. The molecule has 0 N–H and O–H groups in total. The zero-order valence-electron chi connectivity index (χ0n) is 11.5. The summed E-state index contributed by atoms with van der Waals surface area (Å²) in [5.41, 5.74) is 0. The lowest BCUT2D eigenvalue weighted by molar-refractivity contribution is -0.141. The highest BCUT2D eigenvalue weighted by Gasteiger charge is 2.01. The van der Waals surface area contributed by atoms with E-state index in [0.717, 1.165) is 37.2 Å². The Morgan fingerprint density at radius 2 is 1.21 bits per heavy atom. The van der Waals surface area contributed by atoms with E-state index in [4.69, 9.17) is 3.63 Å². The number of carbonyl (C=O) groups is 2. The van der Waals surface area contributed by atoms with E-state index in [2.05, 4.69) is 9.47 Å². The highest BCUT2D eigenvalue weighted by Crippen LogP contribution is 2.18. The Kier molecular flexibility index (Phi) is 13.7. The van der Waals surface area contributed by atoms with Crippen molar-refractivity contribution in [3.63, 3.8) is 0 Å². The van der Waals surface area contributed by atoms with Crippen LogP contribution in [0.5, 0.6) is 0 Å². The van der Waals surface area contributed by atoms with E-state index in [1.807, 2.05) is 0 Å². The van der Waals surface area contributed by atoms with Gasteiger partial charge < -0.3 is 9.47 Å². The van der Waals surface area contributed by atoms with Crippen molar-refractivity contribution in [3.05, 3.63) is 0 Å². The Balaban J connectivity index is 3.07. The average Bonchev–Trinajstić information content (AvgIpc) is 2.43. The number of ether oxygens (including phenoxy) is 2. The first-order valence-electron chi connectivity index (χ1n) is 6.25. The number of carbonyl (C=O) groups excluding carboxylic acids is 2. The van der Waals surface area contributed by atoms with E-state index < -0.39 is 0 Å². The van der Waals surface area contributed by atoms with Gasteiger partial charge in [-0.2, -0.15) is 0 Å². The molecule has 0 saturated heterocycles. The minimum atomic E-state index is -0.161. The van der Waals surface area contributed by atoms with Crippen molar-refractivity contribution in [1.82, 2.24) is 0 Å². The highest BCUT2D eigenvalue weighted by atomic mass is 32.2. The molecule has 5 nitrogen and oxygen atoms in total. The van der Waals surface area contributed by atoms with Gasteiger partial charge in [0.05, 0.1) is 14.2 Å². The molecular formula is C12H22O5S2. The summed E-state index contributed by atoms with van der Waals surface area (Å²) in [4.78, 5) is 21.6. The van der Waals surface area contributed by atoms with Crippen molar-refractivity contribution in [2.75, 3.05) is 25.7 Å². The predicted molar refractivity (Wildman–Crippen MR) is 77.7 cm³/mol. The lowest BCUT2D eigenvalue weighted by Gasteiger charge is -2.02. The summed E-state index contributed by atoms with van der Waals surface area (Å²) in [7, 11) is 2.80. The maximum atomic E-state index is 10.8. The van der Waals surface area contributed by atoms with E-state index in [-0.39, 0.29) is 11.9 Å². The van der Waals surface area contributed by atoms with E-state index >= 15 is 0 Å². The molecule has 0 heterocycles. The number of rotatable bonds is 12. The molecule has 0 rings (SSSR count). The molecule has 0 saturated carbocycles. The number of hydrogen-bond donors (Lipinski definition) is 0. The van der Waals surface area contributed by atoms with Crippen LogP contribution in [0, 0.1) is 0 Å². The molecule has 112 valence electrons. The Labute approximate surface area is 123 Å². The molecule has 0 aliphatic heterocycles. The molecule has 0 unspecified atom stereocenters. The van der Waals surface area contributed by atoms with Crippen LogP contribution in [0.2, 0.25) is 0 Å². The zero-order valence-corrected chi connectivity index (χ0v) is 13.1. The van der Waals surface area contributed by atoms with E-state index in [1.54, 1.807) is 0 Å². The lowest BCUT2D eigenvalue weighted by Crippen LogP contribution is -1.99. The summed E-state index contributed by atoms with van der Waals surface area (Å²) in [6.07, 6.45) is 4.46. The van der Waals surface area contributed by atoms with E-state index in [0.29, 0.717) is 12.8 Å². The Morgan fingerprint density at radius 1 is 0.789 bits per heavy atom. The van der Waals surface area contributed by atoms with Gasteiger partial charge in [-0.3, -0.25) is 9.59 Å². The molecule has 0 aliphatic carbocycles. The fraction of sp³-hybridized carbons (Fsp3) is 0.833. The molecule has 0 aromatic rings. The van der Waals surface area contributed by atoms with Gasteiger partial charge in [0, 0.05) is 48.4 Å². The minimum Gasteiger partial charge on any atom is -0.469 e. The van der Waals surface area contributed by atoms with Crippen molar-refractivity contribution in [1.29, 1.82) is 0 Å². The molecule has 19 heavy (non-hydrogen) atoms. The van der Waals surface area contributed by atoms with Crippen LogP contribution in [-0.4, -0.2) is 37.7 Å². The molecule has 0 spiro atoms. The van der Waals surface area contributed by atoms with Gasteiger partial charge in [0.2, 0.25) is 0 Å². The SMILES string of the molecule is COC(=O)CCCCSOSCCCCC(=O)OC. The summed E-state index contributed by atoms with van der Waals surface area (Å²) >= 11 is 2.80. The minimum absolute atomic E-state index is 0.161. The third kappa shape index (κ3) is 13.8. The highest BCUT2D eigenvalue weighted by molar-refractivity contribution is 8.07. The molecule has 0 atom stereocenters. The molecule has 0 bridgehead atoms. The second kappa shape index (κ2) is 14.0. The van der Waals surface area contributed by atoms with Gasteiger partial charge in [0.25, 0.3) is 0 Å². The van der Waals surface area contributed by atoms with Gasteiger partial charge >= 0.3 is 11.9 Å². The van der Waals surface area contributed by atoms with Crippen LogP contribution in [-0.2, 0) is 22.7 Å². The Hall–Kier alpha value is -0.400. The summed E-state index contributed by atoms with van der Waals surface area (Å²) in [6.45, 7) is 0. The molecule has 0 aliphatic rings. The van der Waals surface area contributed by atoms with Gasteiger partial charge in [-0.15, -0.1) is 0 Å². The standard InChI is InChI=1S/C12H22O5S2/c1-15-11(13)7-3-5-9-18-17-19-10-6-4-8-12(14)16-2/h3-10H2,1-2H3. The summed E-state index contributed by atoms with van der Waals surface area (Å²) in [6, 6.07) is 0. The van der Waals surface area contributed by atoms with Gasteiger partial charge in [-0.25, -0.2) is 3.63 Å². The first kappa shape index (κ1) is 18.6. The lowest BCUT2D eigenvalue weighted by atomic mass is 10.2. The van der Waals surface area contributed by atoms with Crippen molar-refractivity contribution < 1.29 is 22.7 Å². The monoisotopic (exact) mass is 310 g/mol. The molecule has 0 aromatic carbocycles. The number of methoxy groups -OCH3 is 2. The van der Waals surface area contributed by atoms with Crippen molar-refractivity contribution in [2.24, 2.45) is 0 Å². The zero-order chi connectivity index (χ0) is 14.3. The number of unbranched alkanes of at least 4 members (excludes halogenated alkanes) is 2. The fourth-order valence-electron chi connectivity index (χ4n) is 1.17. The van der Waals surface area contributed by atoms with Crippen LogP contribution >= 0.6 is 24.1 Å². The van der Waals surface area contributed by atoms with Crippen molar-refractivity contribution in [3.8, 4) is 0 Å². The second-order valence-electron chi connectivity index (χ2n) is 3.78. The predicted octanol–water partition coefficient (Wildman–Crippen LogP) is 2.99. The molecule has 0 fully saturated rings.